The Balaban J connectivity index is 1.69. The number of benzene rings is 2. The van der Waals surface area contributed by atoms with Crippen LogP contribution in [0.25, 0.3) is 0 Å². The van der Waals surface area contributed by atoms with Crippen molar-refractivity contribution in [3.8, 4) is 0 Å². The SMILES string of the molecule is CC(C)(C)NS(=O)(=O)c1ccc(NC(=O)[C@H](Cc2ccccc2)NC(=O)OC2CCOCC2)cc1. The van der Waals surface area contributed by atoms with E-state index in [9.17, 15) is 18.0 Å². The van der Waals surface area contributed by atoms with Crippen molar-refractivity contribution in [1.82, 2.24) is 10.0 Å². The molecule has 1 heterocycles. The molecule has 0 spiro atoms. The maximum Gasteiger partial charge on any atom is 0.408 e. The Morgan fingerprint density at radius 2 is 1.66 bits per heavy atom. The lowest BCUT2D eigenvalue weighted by Gasteiger charge is -2.24. The van der Waals surface area contributed by atoms with Crippen molar-refractivity contribution >= 4 is 27.7 Å². The van der Waals surface area contributed by atoms with Gasteiger partial charge in [0.15, 0.2) is 0 Å². The van der Waals surface area contributed by atoms with E-state index in [0.29, 0.717) is 31.7 Å². The summed E-state index contributed by atoms with van der Waals surface area (Å²) >= 11 is 0. The molecule has 3 rings (SSSR count). The van der Waals surface area contributed by atoms with E-state index in [-0.39, 0.29) is 17.4 Å². The van der Waals surface area contributed by atoms with E-state index >= 15 is 0 Å². The monoisotopic (exact) mass is 503 g/mol. The first-order chi connectivity index (χ1) is 16.5. The minimum atomic E-state index is -3.70. The predicted molar refractivity (Wildman–Crippen MR) is 133 cm³/mol. The van der Waals surface area contributed by atoms with Gasteiger partial charge in [0.2, 0.25) is 15.9 Å². The standard InChI is InChI=1S/C25H33N3O6S/c1-25(2,3)28-35(31,32)21-11-9-19(10-12-21)26-23(29)22(17-18-7-5-4-6-8-18)27-24(30)34-20-13-15-33-16-14-20/h4-12,20,22,28H,13-17H2,1-3H3,(H,26,29)(H,27,30)/t22-/m0/s1. The smallest absolute Gasteiger partial charge is 0.408 e. The highest BCUT2D eigenvalue weighted by atomic mass is 32.2. The van der Waals surface area contributed by atoms with Crippen molar-refractivity contribution in [2.75, 3.05) is 18.5 Å². The first-order valence-electron chi connectivity index (χ1n) is 11.6. The predicted octanol–water partition coefficient (Wildman–Crippen LogP) is 3.22. The van der Waals surface area contributed by atoms with Crippen LogP contribution in [-0.4, -0.2) is 51.3 Å². The van der Waals surface area contributed by atoms with Crippen LogP contribution in [0, 0.1) is 0 Å². The van der Waals surface area contributed by atoms with Crippen LogP contribution in [0.2, 0.25) is 0 Å². The van der Waals surface area contributed by atoms with E-state index in [2.05, 4.69) is 15.4 Å². The van der Waals surface area contributed by atoms with Crippen LogP contribution in [0.5, 0.6) is 0 Å². The second-order valence-corrected chi connectivity index (χ2v) is 11.2. The van der Waals surface area contributed by atoms with Gasteiger partial charge in [0, 0.05) is 30.5 Å². The molecule has 1 atom stereocenters. The lowest BCUT2D eigenvalue weighted by molar-refractivity contribution is -0.118. The van der Waals surface area contributed by atoms with Crippen LogP contribution in [0.4, 0.5) is 10.5 Å². The molecule has 0 saturated carbocycles. The molecule has 2 aromatic carbocycles. The lowest BCUT2D eigenvalue weighted by Crippen LogP contribution is -2.46. The number of sulfonamides is 1. The molecule has 1 aliphatic heterocycles. The van der Waals surface area contributed by atoms with Crippen LogP contribution in [0.15, 0.2) is 59.5 Å². The van der Waals surface area contributed by atoms with E-state index in [1.165, 1.54) is 24.3 Å². The van der Waals surface area contributed by atoms with Gasteiger partial charge in [-0.1, -0.05) is 30.3 Å². The number of amides is 2. The highest BCUT2D eigenvalue weighted by Crippen LogP contribution is 2.17. The summed E-state index contributed by atoms with van der Waals surface area (Å²) in [5, 5.41) is 5.43. The number of hydrogen-bond acceptors (Lipinski definition) is 6. The van der Waals surface area contributed by atoms with Gasteiger partial charge in [0.1, 0.15) is 12.1 Å². The summed E-state index contributed by atoms with van der Waals surface area (Å²) in [6, 6.07) is 14.3. The first-order valence-corrected chi connectivity index (χ1v) is 13.0. The average molecular weight is 504 g/mol. The van der Waals surface area contributed by atoms with E-state index < -0.39 is 33.6 Å². The van der Waals surface area contributed by atoms with Gasteiger partial charge in [-0.05, 0) is 50.6 Å². The van der Waals surface area contributed by atoms with E-state index in [1.807, 2.05) is 30.3 Å². The molecule has 1 aliphatic rings. The van der Waals surface area contributed by atoms with Crippen LogP contribution in [0.3, 0.4) is 0 Å². The summed E-state index contributed by atoms with van der Waals surface area (Å²) in [6.45, 7) is 6.33. The van der Waals surface area contributed by atoms with Gasteiger partial charge in [-0.25, -0.2) is 17.9 Å². The minimum absolute atomic E-state index is 0.0874. The summed E-state index contributed by atoms with van der Waals surface area (Å²) < 4.78 is 38.4. The van der Waals surface area contributed by atoms with Crippen molar-refractivity contribution < 1.29 is 27.5 Å². The molecule has 2 aromatic rings. The van der Waals surface area contributed by atoms with Crippen LogP contribution in [0.1, 0.15) is 39.2 Å². The molecule has 1 saturated heterocycles. The Hall–Kier alpha value is -2.95. The number of ether oxygens (including phenoxy) is 2. The molecule has 0 radical (unpaired) electrons. The van der Waals surface area contributed by atoms with Gasteiger partial charge in [0.25, 0.3) is 0 Å². The molecule has 190 valence electrons. The maximum absolute atomic E-state index is 13.1. The Morgan fingerprint density at radius 1 is 1.03 bits per heavy atom. The second kappa shape index (κ2) is 11.7. The van der Waals surface area contributed by atoms with Gasteiger partial charge in [-0.15, -0.1) is 0 Å². The van der Waals surface area contributed by atoms with Gasteiger partial charge in [-0.2, -0.15) is 0 Å². The molecular weight excluding hydrogens is 470 g/mol. The lowest BCUT2D eigenvalue weighted by atomic mass is 10.1. The quantitative estimate of drug-likeness (QED) is 0.508. The number of alkyl carbamates (subject to hydrolysis) is 1. The molecule has 35 heavy (non-hydrogen) atoms. The third-order valence-corrected chi connectivity index (χ3v) is 6.98. The van der Waals surface area contributed by atoms with Gasteiger partial charge < -0.3 is 20.1 Å². The second-order valence-electron chi connectivity index (χ2n) is 9.47. The molecule has 0 aromatic heterocycles. The fourth-order valence-corrected chi connectivity index (χ4v) is 5.01. The summed E-state index contributed by atoms with van der Waals surface area (Å²) in [6.07, 6.45) is 0.574. The van der Waals surface area contributed by atoms with Crippen LogP contribution < -0.4 is 15.4 Å². The van der Waals surface area contributed by atoms with Crippen molar-refractivity contribution in [2.45, 2.75) is 62.6 Å². The molecule has 3 N–H and O–H groups in total. The zero-order valence-corrected chi connectivity index (χ0v) is 21.1. The molecule has 0 aliphatic carbocycles. The number of carbonyl (C=O) groups is 2. The third-order valence-electron chi connectivity index (χ3n) is 5.21. The maximum atomic E-state index is 13.1. The fourth-order valence-electron chi connectivity index (χ4n) is 3.59. The summed E-state index contributed by atoms with van der Waals surface area (Å²) in [4.78, 5) is 25.7. The van der Waals surface area contributed by atoms with Crippen LogP contribution in [-0.2, 0) is 30.7 Å². The topological polar surface area (TPSA) is 123 Å². The largest absolute Gasteiger partial charge is 0.446 e. The number of carbonyl (C=O) groups excluding carboxylic acids is 2. The zero-order valence-electron chi connectivity index (χ0n) is 20.2. The molecule has 10 heteroatoms. The molecule has 9 nitrogen and oxygen atoms in total. The summed E-state index contributed by atoms with van der Waals surface area (Å²) in [5.41, 5.74) is 0.650. The van der Waals surface area contributed by atoms with Gasteiger partial charge in [0.05, 0.1) is 18.1 Å². The minimum Gasteiger partial charge on any atom is -0.446 e. The Morgan fingerprint density at radius 3 is 2.26 bits per heavy atom. The van der Waals surface area contributed by atoms with E-state index in [0.717, 1.165) is 5.56 Å². The Kier molecular flexibility index (Phi) is 8.87. The Bertz CT molecular complexity index is 1090. The first kappa shape index (κ1) is 26.7. The normalized spacial score (nSPS) is 15.7. The number of rotatable bonds is 8. The summed E-state index contributed by atoms with van der Waals surface area (Å²) in [5.74, 6) is -0.443. The number of anilines is 1. The highest BCUT2D eigenvalue weighted by molar-refractivity contribution is 7.89. The van der Waals surface area contributed by atoms with E-state index in [4.69, 9.17) is 9.47 Å². The average Bonchev–Trinajstić information content (AvgIpc) is 2.79. The fraction of sp³-hybridized carbons (Fsp3) is 0.440. The van der Waals surface area contributed by atoms with Gasteiger partial charge in [-0.3, -0.25) is 4.79 Å². The summed E-state index contributed by atoms with van der Waals surface area (Å²) in [7, 11) is -3.70. The van der Waals surface area contributed by atoms with E-state index in [1.54, 1.807) is 20.8 Å². The van der Waals surface area contributed by atoms with Crippen molar-refractivity contribution in [3.05, 3.63) is 60.2 Å². The third kappa shape index (κ3) is 8.65. The Labute approximate surface area is 206 Å². The molecule has 0 unspecified atom stereocenters. The van der Waals surface area contributed by atoms with Crippen LogP contribution >= 0.6 is 0 Å². The van der Waals surface area contributed by atoms with Crippen molar-refractivity contribution in [3.63, 3.8) is 0 Å². The van der Waals surface area contributed by atoms with Crippen molar-refractivity contribution in [1.29, 1.82) is 0 Å². The highest BCUT2D eigenvalue weighted by Gasteiger charge is 2.26. The molecule has 1 fully saturated rings. The molecule has 0 bridgehead atoms. The van der Waals surface area contributed by atoms with Crippen molar-refractivity contribution in [2.24, 2.45) is 0 Å². The number of nitrogens with one attached hydrogen (secondary N) is 3. The number of hydrogen-bond donors (Lipinski definition) is 3. The zero-order chi connectivity index (χ0) is 25.5. The molecule has 2 amide bonds. The van der Waals surface area contributed by atoms with Gasteiger partial charge >= 0.3 is 6.09 Å². The molecular formula is C25H33N3O6S.